The fraction of sp³-hybridized carbons (Fsp3) is 1.00. The Morgan fingerprint density at radius 2 is 2.07 bits per heavy atom. The summed E-state index contributed by atoms with van der Waals surface area (Å²) in [7, 11) is 3.91. The molecule has 0 radical (unpaired) electrons. The van der Waals surface area contributed by atoms with Crippen molar-refractivity contribution >= 4 is 7.85 Å². The summed E-state index contributed by atoms with van der Waals surface area (Å²) < 4.78 is 11.6. The van der Waals surface area contributed by atoms with E-state index in [2.05, 4.69) is 28.6 Å². The molecule has 1 rings (SSSR count). The van der Waals surface area contributed by atoms with Crippen LogP contribution in [0.1, 0.15) is 40.0 Å². The van der Waals surface area contributed by atoms with Crippen molar-refractivity contribution < 1.29 is 9.47 Å². The van der Waals surface area contributed by atoms with Crippen LogP contribution in [0.25, 0.3) is 0 Å². The lowest BCUT2D eigenvalue weighted by Gasteiger charge is -2.32. The van der Waals surface area contributed by atoms with Gasteiger partial charge in [-0.25, -0.2) is 0 Å². The molecule has 0 aromatic rings. The van der Waals surface area contributed by atoms with Gasteiger partial charge in [0.2, 0.25) is 0 Å². The van der Waals surface area contributed by atoms with Crippen LogP contribution < -0.4 is 0 Å². The van der Waals surface area contributed by atoms with Crippen molar-refractivity contribution in [3.63, 3.8) is 0 Å². The van der Waals surface area contributed by atoms with E-state index in [0.717, 1.165) is 12.8 Å². The van der Waals surface area contributed by atoms with Gasteiger partial charge in [0.15, 0.2) is 0 Å². The van der Waals surface area contributed by atoms with Gasteiger partial charge in [-0.1, -0.05) is 27.2 Å². The topological polar surface area (TPSA) is 18.5 Å². The summed E-state index contributed by atoms with van der Waals surface area (Å²) in [6, 6.07) is 0.237. The number of ether oxygens (including phenoxy) is 2. The van der Waals surface area contributed by atoms with Gasteiger partial charge in [0.25, 0.3) is 0 Å². The SMILES string of the molecule is BC1O[C@](CC)(CCC)C(C)C1OC. The first-order valence-electron chi connectivity index (χ1n) is 5.82. The molecule has 3 unspecified atom stereocenters. The van der Waals surface area contributed by atoms with Gasteiger partial charge in [-0.15, -0.1) is 0 Å². The van der Waals surface area contributed by atoms with E-state index in [0.29, 0.717) is 5.92 Å². The van der Waals surface area contributed by atoms with E-state index in [-0.39, 0.29) is 17.7 Å². The van der Waals surface area contributed by atoms with Crippen LogP contribution in [0.15, 0.2) is 0 Å². The van der Waals surface area contributed by atoms with Crippen molar-refractivity contribution in [2.75, 3.05) is 7.11 Å². The van der Waals surface area contributed by atoms with Crippen LogP contribution in [0.4, 0.5) is 0 Å². The summed E-state index contributed by atoms with van der Waals surface area (Å²) in [6.07, 6.45) is 3.68. The van der Waals surface area contributed by atoms with Gasteiger partial charge in [-0.2, -0.15) is 0 Å². The van der Waals surface area contributed by atoms with Crippen molar-refractivity contribution in [3.8, 4) is 0 Å². The van der Waals surface area contributed by atoms with Gasteiger partial charge in [0, 0.05) is 13.0 Å². The molecule has 82 valence electrons. The molecule has 1 heterocycles. The van der Waals surface area contributed by atoms with E-state index in [1.807, 2.05) is 0 Å². The van der Waals surface area contributed by atoms with Gasteiger partial charge in [0.05, 0.1) is 17.7 Å². The molecule has 0 aliphatic carbocycles. The maximum Gasteiger partial charge on any atom is 0.142 e. The molecule has 0 bridgehead atoms. The predicted octanol–water partition coefficient (Wildman–Crippen LogP) is 1.58. The zero-order valence-electron chi connectivity index (χ0n) is 10.2. The van der Waals surface area contributed by atoms with Crippen LogP contribution in [0.2, 0.25) is 0 Å². The number of hydrogen-bond donors (Lipinski definition) is 0. The fourth-order valence-electron chi connectivity index (χ4n) is 2.94. The summed E-state index contributed by atoms with van der Waals surface area (Å²) in [5, 5.41) is 0. The Labute approximate surface area is 88.8 Å². The molecule has 1 aliphatic heterocycles. The number of hydrogen-bond acceptors (Lipinski definition) is 2. The Bertz CT molecular complexity index is 186. The molecule has 14 heavy (non-hydrogen) atoms. The largest absolute Gasteiger partial charge is 0.379 e. The second kappa shape index (κ2) is 4.67. The monoisotopic (exact) mass is 198 g/mol. The standard InChI is InChI=1S/C11H23BO2/c1-5-7-11(6-2)8(3)9(13-4)10(12)14-11/h8-10H,5-7,12H2,1-4H3/t8?,9?,10?,11-/m1/s1. The molecule has 0 aromatic heterocycles. The highest BCUT2D eigenvalue weighted by atomic mass is 16.6. The zero-order valence-corrected chi connectivity index (χ0v) is 10.2. The fourth-order valence-corrected chi connectivity index (χ4v) is 2.94. The molecule has 1 saturated heterocycles. The summed E-state index contributed by atoms with van der Waals surface area (Å²) in [5.41, 5.74) is 0.0643. The van der Waals surface area contributed by atoms with Gasteiger partial charge in [-0.05, 0) is 12.8 Å². The van der Waals surface area contributed by atoms with Gasteiger partial charge >= 0.3 is 0 Å². The van der Waals surface area contributed by atoms with Crippen LogP contribution in [0, 0.1) is 5.92 Å². The third-order valence-corrected chi connectivity index (χ3v) is 3.75. The molecule has 1 fully saturated rings. The number of rotatable bonds is 4. The van der Waals surface area contributed by atoms with Gasteiger partial charge < -0.3 is 9.47 Å². The molecule has 0 aromatic carbocycles. The molecule has 0 saturated carbocycles. The van der Waals surface area contributed by atoms with Crippen LogP contribution in [0.5, 0.6) is 0 Å². The second-order valence-electron chi connectivity index (χ2n) is 4.48. The van der Waals surface area contributed by atoms with Crippen molar-refractivity contribution in [2.45, 2.75) is 57.7 Å². The third kappa shape index (κ3) is 1.85. The lowest BCUT2D eigenvalue weighted by atomic mass is 9.79. The van der Waals surface area contributed by atoms with Crippen molar-refractivity contribution in [2.24, 2.45) is 5.92 Å². The maximum atomic E-state index is 6.13. The highest BCUT2D eigenvalue weighted by Crippen LogP contribution is 2.42. The minimum atomic E-state index is 0.0643. The molecule has 0 N–H and O–H groups in total. The highest BCUT2D eigenvalue weighted by molar-refractivity contribution is 6.11. The second-order valence-corrected chi connectivity index (χ2v) is 4.48. The molecular formula is C11H23BO2. The first kappa shape index (κ1) is 12.1. The first-order chi connectivity index (χ1) is 6.61. The molecule has 1 aliphatic rings. The lowest BCUT2D eigenvalue weighted by molar-refractivity contribution is -0.0416. The summed E-state index contributed by atoms with van der Waals surface area (Å²) in [6.45, 7) is 6.70. The number of methoxy groups -OCH3 is 1. The highest BCUT2D eigenvalue weighted by Gasteiger charge is 2.49. The average molecular weight is 198 g/mol. The van der Waals surface area contributed by atoms with E-state index < -0.39 is 0 Å². The Morgan fingerprint density at radius 1 is 1.43 bits per heavy atom. The van der Waals surface area contributed by atoms with Crippen molar-refractivity contribution in [1.29, 1.82) is 0 Å². The van der Waals surface area contributed by atoms with Crippen LogP contribution in [-0.2, 0) is 9.47 Å². The van der Waals surface area contributed by atoms with Crippen LogP contribution in [-0.4, -0.2) is 32.7 Å². The van der Waals surface area contributed by atoms with E-state index in [1.54, 1.807) is 7.11 Å². The van der Waals surface area contributed by atoms with E-state index in [9.17, 15) is 0 Å². The molecular weight excluding hydrogens is 175 g/mol. The Hall–Kier alpha value is -0.0151. The molecule has 4 atom stereocenters. The predicted molar refractivity (Wildman–Crippen MR) is 61.3 cm³/mol. The molecule has 0 amide bonds. The summed E-state index contributed by atoms with van der Waals surface area (Å²) in [4.78, 5) is 0. The molecule has 0 spiro atoms. The minimum absolute atomic E-state index is 0.0643. The van der Waals surface area contributed by atoms with E-state index in [1.165, 1.54) is 6.42 Å². The summed E-state index contributed by atoms with van der Waals surface area (Å²) >= 11 is 0. The normalized spacial score (nSPS) is 43.0. The Balaban J connectivity index is 2.79. The van der Waals surface area contributed by atoms with E-state index in [4.69, 9.17) is 9.47 Å². The summed E-state index contributed by atoms with van der Waals surface area (Å²) in [5.74, 6) is 0.507. The average Bonchev–Trinajstić information content (AvgIpc) is 2.40. The van der Waals surface area contributed by atoms with Crippen molar-refractivity contribution in [3.05, 3.63) is 0 Å². The maximum absolute atomic E-state index is 6.13. The lowest BCUT2D eigenvalue weighted by Crippen LogP contribution is -2.36. The quantitative estimate of drug-likeness (QED) is 0.638. The van der Waals surface area contributed by atoms with Crippen LogP contribution >= 0.6 is 0 Å². The van der Waals surface area contributed by atoms with Gasteiger partial charge in [0.1, 0.15) is 7.85 Å². The molecule has 3 heteroatoms. The zero-order chi connectivity index (χ0) is 10.8. The minimum Gasteiger partial charge on any atom is -0.379 e. The van der Waals surface area contributed by atoms with Crippen LogP contribution in [0.3, 0.4) is 0 Å². The third-order valence-electron chi connectivity index (χ3n) is 3.75. The van der Waals surface area contributed by atoms with Crippen molar-refractivity contribution in [1.82, 2.24) is 0 Å². The smallest absolute Gasteiger partial charge is 0.142 e. The Morgan fingerprint density at radius 3 is 2.43 bits per heavy atom. The van der Waals surface area contributed by atoms with Gasteiger partial charge in [-0.3, -0.25) is 0 Å². The first-order valence-corrected chi connectivity index (χ1v) is 5.82. The Kier molecular flexibility index (Phi) is 4.02. The van der Waals surface area contributed by atoms with E-state index >= 15 is 0 Å². The molecule has 2 nitrogen and oxygen atoms in total.